The summed E-state index contributed by atoms with van der Waals surface area (Å²) in [6, 6.07) is 0. The number of ether oxygens (including phenoxy) is 2. The molecule has 0 radical (unpaired) electrons. The van der Waals surface area contributed by atoms with Crippen LogP contribution in [0.15, 0.2) is 0 Å². The van der Waals surface area contributed by atoms with Gasteiger partial charge < -0.3 is 29.7 Å². The molecule has 14 heteroatoms. The van der Waals surface area contributed by atoms with Crippen molar-refractivity contribution in [1.82, 2.24) is 19.6 Å². The van der Waals surface area contributed by atoms with Crippen LogP contribution >= 0.6 is 11.6 Å². The zero-order chi connectivity index (χ0) is 31.7. The summed E-state index contributed by atoms with van der Waals surface area (Å²) in [7, 11) is 0. The van der Waals surface area contributed by atoms with Crippen LogP contribution < -0.4 is 0 Å². The second-order valence-corrected chi connectivity index (χ2v) is 11.3. The Labute approximate surface area is 261 Å². The van der Waals surface area contributed by atoms with Gasteiger partial charge in [0.2, 0.25) is 0 Å². The van der Waals surface area contributed by atoms with Gasteiger partial charge in [-0.05, 0) is 32.2 Å². The fourth-order valence-corrected chi connectivity index (χ4v) is 5.01. The highest BCUT2D eigenvalue weighted by atomic mass is 35.5. The SMILES string of the molecule is O=C(O)CN1CCN(CCCC(=O)CCCOCCOCCCCCCCl)CCN(CC(=O)O)CCN(CC(=O)O)CC1. The van der Waals surface area contributed by atoms with Crippen LogP contribution in [0.4, 0.5) is 0 Å². The van der Waals surface area contributed by atoms with Gasteiger partial charge in [0, 0.05) is 84.3 Å². The van der Waals surface area contributed by atoms with Gasteiger partial charge in [0.1, 0.15) is 5.78 Å². The van der Waals surface area contributed by atoms with Crippen molar-refractivity contribution >= 4 is 35.3 Å². The van der Waals surface area contributed by atoms with Gasteiger partial charge in [0.05, 0.1) is 32.8 Å². The number of hydrogen-bond acceptors (Lipinski definition) is 10. The van der Waals surface area contributed by atoms with E-state index in [4.69, 9.17) is 21.1 Å². The molecule has 0 bridgehead atoms. The van der Waals surface area contributed by atoms with E-state index in [2.05, 4.69) is 4.90 Å². The summed E-state index contributed by atoms with van der Waals surface area (Å²) in [5, 5.41) is 28.0. The van der Waals surface area contributed by atoms with Crippen molar-refractivity contribution in [2.45, 2.75) is 51.4 Å². The minimum atomic E-state index is -0.986. The fraction of sp³-hybridized carbons (Fsp3) is 0.862. The molecule has 1 aliphatic heterocycles. The molecule has 0 aromatic carbocycles. The third-order valence-electron chi connectivity index (χ3n) is 7.22. The number of halogens is 1. The van der Waals surface area contributed by atoms with Crippen LogP contribution in [0, 0.1) is 0 Å². The van der Waals surface area contributed by atoms with Crippen LogP contribution in [0.5, 0.6) is 0 Å². The number of carboxylic acid groups (broad SMARTS) is 3. The van der Waals surface area contributed by atoms with Gasteiger partial charge in [0.25, 0.3) is 0 Å². The lowest BCUT2D eigenvalue weighted by Crippen LogP contribution is -2.48. The summed E-state index contributed by atoms with van der Waals surface area (Å²) < 4.78 is 11.1. The summed E-state index contributed by atoms with van der Waals surface area (Å²) in [4.78, 5) is 54.0. The second-order valence-electron chi connectivity index (χ2n) is 10.9. The molecular weight excluding hydrogens is 584 g/mol. The Balaban J connectivity index is 2.44. The van der Waals surface area contributed by atoms with Crippen molar-refractivity contribution in [1.29, 1.82) is 0 Å². The lowest BCUT2D eigenvalue weighted by molar-refractivity contribution is -0.140. The van der Waals surface area contributed by atoms with E-state index in [9.17, 15) is 34.5 Å². The number of nitrogens with zero attached hydrogens (tertiary/aromatic N) is 4. The van der Waals surface area contributed by atoms with Crippen LogP contribution in [0.25, 0.3) is 0 Å². The molecule has 13 nitrogen and oxygen atoms in total. The maximum atomic E-state index is 12.4. The minimum absolute atomic E-state index is 0.151. The third-order valence-corrected chi connectivity index (χ3v) is 7.49. The van der Waals surface area contributed by atoms with Crippen LogP contribution in [-0.2, 0) is 28.7 Å². The first-order chi connectivity index (χ1) is 20.7. The minimum Gasteiger partial charge on any atom is -0.480 e. The summed E-state index contributed by atoms with van der Waals surface area (Å²) in [5.74, 6) is -2.01. The standard InChI is InChI=1S/C29H53ClN4O9/c30-9-3-1-2-4-19-42-21-22-43-20-6-8-26(35)7-5-10-31-11-13-32(23-27(36)37)15-17-34(25-29(40)41)18-16-33(14-12-31)24-28(38)39/h1-25H2,(H,36,37)(H,38,39)(H,40,41). The van der Waals surface area contributed by atoms with Gasteiger partial charge in [-0.25, -0.2) is 0 Å². The molecule has 1 heterocycles. The number of hydrogen-bond donors (Lipinski definition) is 3. The molecule has 0 saturated carbocycles. The number of carbonyl (C=O) groups excluding carboxylic acids is 1. The van der Waals surface area contributed by atoms with Crippen LogP contribution in [0.3, 0.4) is 0 Å². The van der Waals surface area contributed by atoms with Crippen molar-refractivity contribution in [3.8, 4) is 0 Å². The molecule has 250 valence electrons. The maximum absolute atomic E-state index is 12.4. The molecule has 43 heavy (non-hydrogen) atoms. The Kier molecular flexibility index (Phi) is 23.2. The summed E-state index contributed by atoms with van der Waals surface area (Å²) in [6.45, 7) is 5.99. The Bertz CT molecular complexity index is 761. The van der Waals surface area contributed by atoms with Gasteiger partial charge >= 0.3 is 17.9 Å². The van der Waals surface area contributed by atoms with Crippen molar-refractivity contribution in [3.05, 3.63) is 0 Å². The van der Waals surface area contributed by atoms with E-state index in [-0.39, 0.29) is 25.4 Å². The van der Waals surface area contributed by atoms with Gasteiger partial charge in [0.15, 0.2) is 0 Å². The first kappa shape index (κ1) is 39.2. The van der Waals surface area contributed by atoms with E-state index in [0.29, 0.717) is 110 Å². The molecule has 1 rings (SSSR count). The van der Waals surface area contributed by atoms with Crippen molar-refractivity contribution in [2.75, 3.05) is 111 Å². The van der Waals surface area contributed by atoms with Gasteiger partial charge in [-0.1, -0.05) is 12.8 Å². The number of aliphatic carboxylic acids is 3. The van der Waals surface area contributed by atoms with Crippen molar-refractivity contribution in [2.24, 2.45) is 0 Å². The lowest BCUT2D eigenvalue weighted by Gasteiger charge is -2.33. The van der Waals surface area contributed by atoms with E-state index >= 15 is 0 Å². The lowest BCUT2D eigenvalue weighted by atomic mass is 10.1. The number of carboxylic acids is 3. The largest absolute Gasteiger partial charge is 0.480 e. The Morgan fingerprint density at radius 2 is 0.907 bits per heavy atom. The smallest absolute Gasteiger partial charge is 0.317 e. The number of alkyl halides is 1. The molecule has 0 aliphatic carbocycles. The zero-order valence-corrected chi connectivity index (χ0v) is 26.4. The van der Waals surface area contributed by atoms with E-state index in [1.807, 2.05) is 0 Å². The molecular formula is C29H53ClN4O9. The van der Waals surface area contributed by atoms with Gasteiger partial charge in [-0.2, -0.15) is 0 Å². The van der Waals surface area contributed by atoms with Crippen LogP contribution in [0.1, 0.15) is 51.4 Å². The predicted octanol–water partition coefficient (Wildman–Crippen LogP) is 1.42. The maximum Gasteiger partial charge on any atom is 0.317 e. The first-order valence-electron chi connectivity index (χ1n) is 15.5. The molecule has 0 atom stereocenters. The van der Waals surface area contributed by atoms with E-state index < -0.39 is 17.9 Å². The average Bonchev–Trinajstić information content (AvgIpc) is 2.94. The van der Waals surface area contributed by atoms with E-state index in [0.717, 1.165) is 32.3 Å². The highest BCUT2D eigenvalue weighted by molar-refractivity contribution is 6.17. The number of carbonyl (C=O) groups is 4. The van der Waals surface area contributed by atoms with Crippen molar-refractivity contribution < 1.29 is 44.0 Å². The number of Topliss-reactive ketones (excluding diaryl/α,β-unsaturated/α-hetero) is 1. The van der Waals surface area contributed by atoms with Crippen LogP contribution in [0.2, 0.25) is 0 Å². The van der Waals surface area contributed by atoms with Crippen LogP contribution in [-0.4, -0.2) is 169 Å². The molecule has 1 aliphatic rings. The van der Waals surface area contributed by atoms with E-state index in [1.165, 1.54) is 0 Å². The normalized spacial score (nSPS) is 16.9. The number of unbranched alkanes of at least 4 members (excludes halogenated alkanes) is 3. The third kappa shape index (κ3) is 23.2. The van der Waals surface area contributed by atoms with Crippen molar-refractivity contribution in [3.63, 3.8) is 0 Å². The highest BCUT2D eigenvalue weighted by Crippen LogP contribution is 2.06. The zero-order valence-electron chi connectivity index (χ0n) is 25.6. The molecule has 3 N–H and O–H groups in total. The van der Waals surface area contributed by atoms with Gasteiger partial charge in [-0.15, -0.1) is 11.6 Å². The quantitative estimate of drug-likeness (QED) is 0.109. The Morgan fingerprint density at radius 1 is 0.512 bits per heavy atom. The molecule has 1 saturated heterocycles. The Morgan fingerprint density at radius 3 is 1.35 bits per heavy atom. The highest BCUT2D eigenvalue weighted by Gasteiger charge is 2.20. The predicted molar refractivity (Wildman–Crippen MR) is 163 cm³/mol. The van der Waals surface area contributed by atoms with Gasteiger partial charge in [-0.3, -0.25) is 33.9 Å². The summed E-state index contributed by atoms with van der Waals surface area (Å²) in [6.07, 6.45) is 6.52. The molecule has 0 amide bonds. The Hall–Kier alpha value is -1.87. The molecule has 0 spiro atoms. The topological polar surface area (TPSA) is 160 Å². The number of rotatable bonds is 23. The number of ketones is 1. The van der Waals surface area contributed by atoms with E-state index in [1.54, 1.807) is 14.7 Å². The first-order valence-corrected chi connectivity index (χ1v) is 16.0. The second kappa shape index (κ2) is 25.5. The summed E-state index contributed by atoms with van der Waals surface area (Å²) in [5.41, 5.74) is 0. The summed E-state index contributed by atoms with van der Waals surface area (Å²) >= 11 is 5.66. The average molecular weight is 637 g/mol. The molecule has 0 aromatic heterocycles. The molecule has 0 unspecified atom stereocenters. The molecule has 0 aromatic rings. The molecule has 1 fully saturated rings. The monoisotopic (exact) mass is 636 g/mol. The fourth-order valence-electron chi connectivity index (χ4n) is 4.82.